The summed E-state index contributed by atoms with van der Waals surface area (Å²) in [6, 6.07) is 15.2. The van der Waals surface area contributed by atoms with E-state index in [4.69, 9.17) is 27.9 Å². The minimum atomic E-state index is -4.68. The van der Waals surface area contributed by atoms with Crippen molar-refractivity contribution in [1.82, 2.24) is 0 Å². The molecule has 0 spiro atoms. The standard InChI is InChI=1S/C25H19Cl2N3O6S.Na/c1-13-17(26)10-11-20(37(33,34)35)21(13)29-30-22-15-7-4-3-6-14(15)12-16(24(22)31)25(32)28-23-18(27)8-5-9-19(23)36-2;/h3-12,31H,1-2H3,(H,28,32)(H,33,34,35);/q;+1/p-1. The number of carbonyl (C=O) groups excluding carboxylic acids is 1. The molecule has 0 saturated heterocycles. The van der Waals surface area contributed by atoms with Crippen molar-refractivity contribution in [3.05, 3.63) is 81.8 Å². The van der Waals surface area contributed by atoms with Crippen LogP contribution in [0.4, 0.5) is 17.1 Å². The van der Waals surface area contributed by atoms with Crippen LogP contribution in [0.15, 0.2) is 75.8 Å². The van der Waals surface area contributed by atoms with Gasteiger partial charge in [0, 0.05) is 16.0 Å². The fourth-order valence-corrected chi connectivity index (χ4v) is 4.68. The van der Waals surface area contributed by atoms with E-state index in [2.05, 4.69) is 15.5 Å². The quantitative estimate of drug-likeness (QED) is 0.203. The topological polar surface area (TPSA) is 140 Å². The van der Waals surface area contributed by atoms with E-state index in [1.54, 1.807) is 42.5 Å². The van der Waals surface area contributed by atoms with E-state index < -0.39 is 26.7 Å². The average molecular weight is 582 g/mol. The van der Waals surface area contributed by atoms with Gasteiger partial charge in [0.1, 0.15) is 22.0 Å². The van der Waals surface area contributed by atoms with Crippen molar-refractivity contribution in [2.75, 3.05) is 12.4 Å². The Hall–Kier alpha value is -2.70. The van der Waals surface area contributed by atoms with Crippen molar-refractivity contribution >= 4 is 67.1 Å². The molecule has 0 unspecified atom stereocenters. The summed E-state index contributed by atoms with van der Waals surface area (Å²) in [6.45, 7) is 1.49. The number of benzene rings is 4. The van der Waals surface area contributed by atoms with Gasteiger partial charge in [0.2, 0.25) is 0 Å². The van der Waals surface area contributed by atoms with Crippen LogP contribution in [0.25, 0.3) is 10.8 Å². The van der Waals surface area contributed by atoms with Crippen LogP contribution in [0.3, 0.4) is 0 Å². The van der Waals surface area contributed by atoms with Crippen LogP contribution in [-0.2, 0) is 10.1 Å². The number of nitrogens with zero attached hydrogens (tertiary/aromatic N) is 2. The van der Waals surface area contributed by atoms with Gasteiger partial charge < -0.3 is 15.2 Å². The summed E-state index contributed by atoms with van der Waals surface area (Å²) in [7, 11) is -3.27. The Morgan fingerprint density at radius 2 is 1.68 bits per heavy atom. The fraction of sp³-hybridized carbons (Fsp3) is 0.0800. The summed E-state index contributed by atoms with van der Waals surface area (Å²) in [5.41, 5.74) is -0.312. The van der Waals surface area contributed by atoms with Crippen LogP contribution in [0.5, 0.6) is 11.5 Å². The predicted molar refractivity (Wildman–Crippen MR) is 140 cm³/mol. The third-order valence-corrected chi connectivity index (χ3v) is 7.12. The third-order valence-electron chi connectivity index (χ3n) is 5.51. The zero-order valence-electron chi connectivity index (χ0n) is 20.3. The monoisotopic (exact) mass is 581 g/mol. The number of amides is 1. The molecule has 0 aliphatic carbocycles. The number of nitrogens with one attached hydrogen (secondary N) is 1. The Balaban J connectivity index is 0.00000400. The van der Waals surface area contributed by atoms with Gasteiger partial charge in [-0.2, -0.15) is 13.5 Å². The molecule has 4 rings (SSSR count). The van der Waals surface area contributed by atoms with Crippen molar-refractivity contribution in [2.45, 2.75) is 11.8 Å². The van der Waals surface area contributed by atoms with Crippen molar-refractivity contribution in [3.63, 3.8) is 0 Å². The summed E-state index contributed by atoms with van der Waals surface area (Å²) >= 11 is 12.3. The van der Waals surface area contributed by atoms with E-state index in [1.165, 1.54) is 26.2 Å². The largest absolute Gasteiger partial charge is 1.00 e. The van der Waals surface area contributed by atoms with Gasteiger partial charge in [0.05, 0.1) is 17.8 Å². The van der Waals surface area contributed by atoms with Crippen molar-refractivity contribution in [3.8, 4) is 11.5 Å². The number of fused-ring (bicyclic) bond motifs is 1. The van der Waals surface area contributed by atoms with E-state index in [1.807, 2.05) is 0 Å². The Labute approximate surface area is 250 Å². The molecular formula is C25H18Cl2N3NaO6S. The van der Waals surface area contributed by atoms with Crippen LogP contribution < -0.4 is 44.7 Å². The number of carbonyl (C=O) groups is 1. The Morgan fingerprint density at radius 3 is 2.37 bits per heavy atom. The van der Waals surface area contributed by atoms with Gasteiger partial charge in [-0.3, -0.25) is 9.35 Å². The number of halogens is 2. The number of hydrogen-bond donors (Lipinski definition) is 2. The summed E-state index contributed by atoms with van der Waals surface area (Å²) in [4.78, 5) is 12.6. The maximum Gasteiger partial charge on any atom is 1.00 e. The molecular weight excluding hydrogens is 564 g/mol. The average Bonchev–Trinajstić information content (AvgIpc) is 2.85. The number of hydrogen-bond acceptors (Lipinski definition) is 7. The van der Waals surface area contributed by atoms with Crippen LogP contribution in [-0.4, -0.2) is 26.0 Å². The van der Waals surface area contributed by atoms with Gasteiger partial charge in [-0.1, -0.05) is 59.3 Å². The first kappa shape index (κ1) is 29.9. The third kappa shape index (κ3) is 5.97. The van der Waals surface area contributed by atoms with E-state index >= 15 is 0 Å². The van der Waals surface area contributed by atoms with Gasteiger partial charge >= 0.3 is 29.6 Å². The van der Waals surface area contributed by atoms with E-state index in [0.717, 1.165) is 6.07 Å². The van der Waals surface area contributed by atoms with Crippen LogP contribution in [0, 0.1) is 6.92 Å². The second-order valence-electron chi connectivity index (χ2n) is 7.79. The molecule has 0 aliphatic heterocycles. The minimum Gasteiger partial charge on any atom is -0.870 e. The van der Waals surface area contributed by atoms with Gasteiger partial charge in [-0.15, -0.1) is 5.11 Å². The molecule has 0 aromatic heterocycles. The SMILES string of the molecule is COc1cccc(Cl)c1NC(=O)c1cc2ccccc2c(N=Nc2c(S(=O)(=O)O)ccc(Cl)c2C)c1[O-].[Na+]. The first-order valence-electron chi connectivity index (χ1n) is 10.6. The summed E-state index contributed by atoms with van der Waals surface area (Å²) in [5.74, 6) is -1.24. The molecule has 13 heteroatoms. The molecule has 38 heavy (non-hydrogen) atoms. The second-order valence-corrected chi connectivity index (χ2v) is 9.99. The van der Waals surface area contributed by atoms with Crippen LogP contribution in [0.2, 0.25) is 10.0 Å². The Kier molecular flexibility index (Phi) is 9.43. The molecule has 0 aliphatic rings. The summed E-state index contributed by atoms with van der Waals surface area (Å²) < 4.78 is 38.6. The molecule has 0 fully saturated rings. The second kappa shape index (κ2) is 12.0. The molecule has 4 aromatic carbocycles. The summed E-state index contributed by atoms with van der Waals surface area (Å²) in [5, 5.41) is 25.3. The molecule has 0 heterocycles. The molecule has 0 atom stereocenters. The zero-order valence-corrected chi connectivity index (χ0v) is 24.6. The maximum atomic E-state index is 13.4. The number of azo groups is 1. The van der Waals surface area contributed by atoms with Gasteiger partial charge in [0.25, 0.3) is 16.0 Å². The number of anilines is 1. The molecule has 0 bridgehead atoms. The molecule has 0 saturated carbocycles. The number of rotatable bonds is 6. The smallest absolute Gasteiger partial charge is 0.870 e. The number of ether oxygens (including phenoxy) is 1. The molecule has 2 N–H and O–H groups in total. The van der Waals surface area contributed by atoms with E-state index in [9.17, 15) is 22.9 Å². The number of para-hydroxylation sites is 1. The van der Waals surface area contributed by atoms with E-state index in [0.29, 0.717) is 16.5 Å². The van der Waals surface area contributed by atoms with Crippen molar-refractivity contribution < 1.29 is 57.2 Å². The minimum absolute atomic E-state index is 0. The molecule has 0 radical (unpaired) electrons. The fourth-order valence-electron chi connectivity index (χ4n) is 3.64. The van der Waals surface area contributed by atoms with Gasteiger partial charge in [-0.05, 0) is 48.2 Å². The first-order valence-corrected chi connectivity index (χ1v) is 12.8. The Bertz CT molecular complexity index is 1700. The van der Waals surface area contributed by atoms with Gasteiger partial charge in [0.15, 0.2) is 0 Å². The van der Waals surface area contributed by atoms with Crippen molar-refractivity contribution in [1.29, 1.82) is 0 Å². The molecule has 4 aromatic rings. The number of methoxy groups -OCH3 is 1. The Morgan fingerprint density at radius 1 is 1.00 bits per heavy atom. The van der Waals surface area contributed by atoms with Crippen LogP contribution in [0.1, 0.15) is 15.9 Å². The predicted octanol–water partition coefficient (Wildman–Crippen LogP) is 3.46. The molecule has 190 valence electrons. The zero-order chi connectivity index (χ0) is 26.9. The van der Waals surface area contributed by atoms with Crippen LogP contribution >= 0.6 is 23.2 Å². The maximum absolute atomic E-state index is 13.4. The summed E-state index contributed by atoms with van der Waals surface area (Å²) in [6.07, 6.45) is 0. The molecule has 1 amide bonds. The van der Waals surface area contributed by atoms with Gasteiger partial charge in [-0.25, -0.2) is 0 Å². The normalized spacial score (nSPS) is 11.4. The van der Waals surface area contributed by atoms with E-state index in [-0.39, 0.29) is 67.8 Å². The molecule has 9 nitrogen and oxygen atoms in total. The van der Waals surface area contributed by atoms with Crippen molar-refractivity contribution in [2.24, 2.45) is 10.2 Å². The first-order chi connectivity index (χ1) is 17.5.